The first-order valence-electron chi connectivity index (χ1n) is 10.8. The molecule has 1 spiro atoms. The van der Waals surface area contributed by atoms with Crippen molar-refractivity contribution in [1.82, 2.24) is 19.5 Å². The van der Waals surface area contributed by atoms with Crippen LogP contribution in [0.25, 0.3) is 11.0 Å². The summed E-state index contributed by atoms with van der Waals surface area (Å²) in [4.78, 5) is 13.2. The van der Waals surface area contributed by atoms with Gasteiger partial charge in [-0.05, 0) is 37.0 Å². The quantitative estimate of drug-likeness (QED) is 0.549. The van der Waals surface area contributed by atoms with E-state index in [0.29, 0.717) is 17.6 Å². The Bertz CT molecular complexity index is 1310. The molecule has 0 amide bonds. The van der Waals surface area contributed by atoms with E-state index in [0.717, 1.165) is 48.2 Å². The van der Waals surface area contributed by atoms with E-state index in [1.54, 1.807) is 12.3 Å². The Morgan fingerprint density at radius 2 is 1.94 bits per heavy atom. The fourth-order valence-corrected chi connectivity index (χ4v) is 5.39. The topological polar surface area (TPSA) is 140 Å². The third-order valence-corrected chi connectivity index (χ3v) is 7.07. The number of nitrogens with zero attached hydrogens (tertiary/aromatic N) is 5. The fraction of sp³-hybridized carbons (Fsp3) is 0.429. The molecule has 2 aliphatic rings. The predicted octanol–water partition coefficient (Wildman–Crippen LogP) is 3.31. The molecule has 168 valence electrons. The molecule has 0 saturated heterocycles. The Morgan fingerprint density at radius 1 is 1.16 bits per heavy atom. The highest BCUT2D eigenvalue weighted by Gasteiger charge is 2.44. The van der Waals surface area contributed by atoms with Gasteiger partial charge in [0.05, 0.1) is 23.1 Å². The SMILES string of the molecule is CC(C)C1=NNc2cc3cnc(Nc4ccc(S(N)(=O)=O)nc4)nc3n2C12CCCCC2. The molecular weight excluding hydrogens is 428 g/mol. The lowest BCUT2D eigenvalue weighted by Crippen LogP contribution is -2.48. The number of nitrogens with one attached hydrogen (secondary N) is 2. The summed E-state index contributed by atoms with van der Waals surface area (Å²) in [5.41, 5.74) is 5.62. The molecule has 1 saturated carbocycles. The molecule has 11 heteroatoms. The lowest BCUT2D eigenvalue weighted by atomic mass is 9.74. The van der Waals surface area contributed by atoms with Gasteiger partial charge < -0.3 is 5.32 Å². The van der Waals surface area contributed by atoms with Gasteiger partial charge in [-0.2, -0.15) is 10.1 Å². The van der Waals surface area contributed by atoms with Gasteiger partial charge >= 0.3 is 0 Å². The zero-order chi connectivity index (χ0) is 22.5. The van der Waals surface area contributed by atoms with Gasteiger partial charge in [-0.3, -0.25) is 9.99 Å². The molecule has 0 radical (unpaired) electrons. The first-order chi connectivity index (χ1) is 15.3. The van der Waals surface area contributed by atoms with Crippen molar-refractivity contribution in [3.8, 4) is 0 Å². The molecule has 32 heavy (non-hydrogen) atoms. The summed E-state index contributed by atoms with van der Waals surface area (Å²) < 4.78 is 25.2. The second kappa shape index (κ2) is 7.52. The fourth-order valence-electron chi connectivity index (χ4n) is 4.94. The highest BCUT2D eigenvalue weighted by Crippen LogP contribution is 2.45. The Morgan fingerprint density at radius 3 is 2.59 bits per heavy atom. The normalized spacial score (nSPS) is 17.8. The lowest BCUT2D eigenvalue weighted by molar-refractivity contribution is 0.278. The number of pyridine rings is 1. The second-order valence-corrected chi connectivity index (χ2v) is 10.3. The molecule has 3 aromatic heterocycles. The van der Waals surface area contributed by atoms with Crippen LogP contribution in [0, 0.1) is 5.92 Å². The summed E-state index contributed by atoms with van der Waals surface area (Å²) in [6.45, 7) is 4.38. The van der Waals surface area contributed by atoms with E-state index in [9.17, 15) is 8.42 Å². The number of hydrazone groups is 1. The largest absolute Gasteiger partial charge is 0.323 e. The maximum absolute atomic E-state index is 11.4. The third kappa shape index (κ3) is 3.41. The van der Waals surface area contributed by atoms with Crippen LogP contribution in [0.15, 0.2) is 40.7 Å². The van der Waals surface area contributed by atoms with Crippen molar-refractivity contribution < 1.29 is 8.42 Å². The molecule has 4 heterocycles. The van der Waals surface area contributed by atoms with Crippen LogP contribution >= 0.6 is 0 Å². The summed E-state index contributed by atoms with van der Waals surface area (Å²) in [7, 11) is -3.84. The molecule has 3 aromatic rings. The monoisotopic (exact) mass is 454 g/mol. The van der Waals surface area contributed by atoms with E-state index in [-0.39, 0.29) is 10.6 Å². The van der Waals surface area contributed by atoms with Crippen molar-refractivity contribution in [3.05, 3.63) is 30.6 Å². The smallest absolute Gasteiger partial charge is 0.255 e. The molecule has 0 aromatic carbocycles. The Labute approximate surface area is 186 Å². The van der Waals surface area contributed by atoms with Crippen LogP contribution in [0.4, 0.5) is 17.5 Å². The number of anilines is 3. The first-order valence-corrected chi connectivity index (χ1v) is 12.3. The minimum Gasteiger partial charge on any atom is -0.323 e. The van der Waals surface area contributed by atoms with Crippen LogP contribution in [0.1, 0.15) is 46.0 Å². The second-order valence-electron chi connectivity index (χ2n) is 8.75. The van der Waals surface area contributed by atoms with Crippen LogP contribution in [0.2, 0.25) is 0 Å². The summed E-state index contributed by atoms with van der Waals surface area (Å²) in [6, 6.07) is 4.97. The van der Waals surface area contributed by atoms with Gasteiger partial charge in [0.2, 0.25) is 5.95 Å². The molecule has 10 nitrogen and oxygen atoms in total. The summed E-state index contributed by atoms with van der Waals surface area (Å²) in [5, 5.41) is 13.8. The van der Waals surface area contributed by atoms with Gasteiger partial charge in [-0.15, -0.1) is 0 Å². The van der Waals surface area contributed by atoms with Crippen LogP contribution in [-0.4, -0.2) is 33.6 Å². The molecular formula is C21H26N8O2S. The lowest BCUT2D eigenvalue weighted by Gasteiger charge is -2.44. The van der Waals surface area contributed by atoms with E-state index in [1.807, 2.05) is 6.07 Å². The van der Waals surface area contributed by atoms with Crippen molar-refractivity contribution in [2.45, 2.75) is 56.5 Å². The number of nitrogens with two attached hydrogens (primary N) is 1. The average Bonchev–Trinajstić information content (AvgIpc) is 3.13. The summed E-state index contributed by atoms with van der Waals surface area (Å²) in [5.74, 6) is 1.65. The van der Waals surface area contributed by atoms with E-state index in [1.165, 1.54) is 18.7 Å². The van der Waals surface area contributed by atoms with Gasteiger partial charge in [-0.25, -0.2) is 23.5 Å². The maximum Gasteiger partial charge on any atom is 0.255 e. The first kappa shape index (κ1) is 20.8. The number of rotatable bonds is 4. The minimum atomic E-state index is -3.84. The van der Waals surface area contributed by atoms with E-state index in [4.69, 9.17) is 15.2 Å². The van der Waals surface area contributed by atoms with Crippen molar-refractivity contribution in [2.75, 3.05) is 10.7 Å². The average molecular weight is 455 g/mol. The molecule has 0 unspecified atom stereocenters. The molecule has 0 bridgehead atoms. The summed E-state index contributed by atoms with van der Waals surface area (Å²) in [6.07, 6.45) is 8.80. The Hall–Kier alpha value is -3.05. The van der Waals surface area contributed by atoms with Crippen LogP contribution in [0.3, 0.4) is 0 Å². The summed E-state index contributed by atoms with van der Waals surface area (Å²) >= 11 is 0. The highest BCUT2D eigenvalue weighted by molar-refractivity contribution is 7.89. The maximum atomic E-state index is 11.4. The number of fused-ring (bicyclic) bond motifs is 4. The molecule has 5 rings (SSSR count). The van der Waals surface area contributed by atoms with Crippen LogP contribution in [0.5, 0.6) is 0 Å². The molecule has 1 aliphatic heterocycles. The zero-order valence-electron chi connectivity index (χ0n) is 18.0. The number of aromatic nitrogens is 4. The number of primary sulfonamides is 1. The number of hydrogen-bond donors (Lipinski definition) is 3. The van der Waals surface area contributed by atoms with Crippen molar-refractivity contribution in [2.24, 2.45) is 16.2 Å². The Kier molecular flexibility index (Phi) is 4.90. The minimum absolute atomic E-state index is 0.181. The highest BCUT2D eigenvalue weighted by atomic mass is 32.2. The number of sulfonamides is 1. The van der Waals surface area contributed by atoms with Crippen molar-refractivity contribution in [1.29, 1.82) is 0 Å². The number of hydrogen-bond acceptors (Lipinski definition) is 8. The molecule has 1 fully saturated rings. The third-order valence-electron chi connectivity index (χ3n) is 6.25. The van der Waals surface area contributed by atoms with Gasteiger partial charge in [0.25, 0.3) is 10.0 Å². The van der Waals surface area contributed by atoms with Gasteiger partial charge in [0, 0.05) is 11.6 Å². The van der Waals surface area contributed by atoms with Gasteiger partial charge in [-0.1, -0.05) is 33.1 Å². The van der Waals surface area contributed by atoms with Crippen LogP contribution in [-0.2, 0) is 15.6 Å². The predicted molar refractivity (Wildman–Crippen MR) is 123 cm³/mol. The molecule has 4 N–H and O–H groups in total. The van der Waals surface area contributed by atoms with Gasteiger partial charge in [0.15, 0.2) is 5.03 Å². The van der Waals surface area contributed by atoms with Gasteiger partial charge in [0.1, 0.15) is 11.5 Å². The molecule has 0 atom stereocenters. The zero-order valence-corrected chi connectivity index (χ0v) is 18.9. The Balaban J connectivity index is 1.56. The van der Waals surface area contributed by atoms with Crippen LogP contribution < -0.4 is 15.9 Å². The van der Waals surface area contributed by atoms with E-state index in [2.05, 4.69) is 39.1 Å². The standard InChI is InChI=1S/C21H26N8O2S/c1-13(2)18-21(8-4-3-5-9-21)29-16(27-28-18)10-14-11-24-20(26-19(14)29)25-15-6-7-17(23-12-15)32(22,30)31/h6-7,10-13,27H,3-5,8-9H2,1-2H3,(H2,22,30,31)(H,24,25,26). The van der Waals surface area contributed by atoms with Crippen molar-refractivity contribution >= 4 is 44.2 Å². The molecule has 1 aliphatic carbocycles. The van der Waals surface area contributed by atoms with E-state index >= 15 is 0 Å². The van der Waals surface area contributed by atoms with E-state index < -0.39 is 10.0 Å². The van der Waals surface area contributed by atoms with Crippen molar-refractivity contribution in [3.63, 3.8) is 0 Å².